The van der Waals surface area contributed by atoms with Crippen LogP contribution in [0.25, 0.3) is 21.8 Å². The summed E-state index contributed by atoms with van der Waals surface area (Å²) in [5.74, 6) is 0.742. The summed E-state index contributed by atoms with van der Waals surface area (Å²) in [4.78, 5) is 21.3. The second-order valence-electron chi connectivity index (χ2n) is 6.92. The van der Waals surface area contributed by atoms with E-state index in [1.165, 1.54) is 0 Å². The van der Waals surface area contributed by atoms with E-state index in [1.807, 2.05) is 48.5 Å². The molecule has 3 heterocycles. The number of anilines is 1. The number of nitrogens with zero attached hydrogens (tertiary/aromatic N) is 6. The molecule has 154 valence electrons. The first-order chi connectivity index (χ1) is 14.5. The van der Waals surface area contributed by atoms with Crippen molar-refractivity contribution in [2.24, 2.45) is 0 Å². The number of hydrogen-bond acceptors (Lipinski definition) is 6. The number of benzene rings is 2. The molecule has 6 nitrogen and oxygen atoms in total. The molecule has 0 atom stereocenters. The quantitative estimate of drug-likeness (QED) is 0.295. The minimum absolute atomic E-state index is 0.179. The van der Waals surface area contributed by atoms with Gasteiger partial charge in [0.1, 0.15) is 10.3 Å². The molecule has 1 fully saturated rings. The van der Waals surface area contributed by atoms with Crippen LogP contribution in [0.15, 0.2) is 48.5 Å². The normalized spacial score (nSPS) is 14.6. The molecule has 0 N–H and O–H groups in total. The number of halogens is 3. The average molecular weight is 462 g/mol. The Kier molecular flexibility index (Phi) is 6.49. The van der Waals surface area contributed by atoms with E-state index in [9.17, 15) is 0 Å². The molecular formula is C21H19Cl3N6. The third kappa shape index (κ3) is 4.73. The molecule has 0 bridgehead atoms. The van der Waals surface area contributed by atoms with Crippen LogP contribution in [0.1, 0.15) is 0 Å². The second-order valence-corrected chi connectivity index (χ2v) is 7.98. The molecule has 0 aliphatic carbocycles. The molecule has 0 amide bonds. The zero-order valence-corrected chi connectivity index (χ0v) is 18.5. The first-order valence-corrected chi connectivity index (χ1v) is 10.6. The Labute approximate surface area is 189 Å². The first-order valence-electron chi connectivity index (χ1n) is 9.45. The summed E-state index contributed by atoms with van der Waals surface area (Å²) in [6, 6.07) is 15.3. The van der Waals surface area contributed by atoms with Gasteiger partial charge >= 0.3 is 0 Å². The number of fused-ring (bicyclic) bond motifs is 2. The summed E-state index contributed by atoms with van der Waals surface area (Å²) < 4.78 is 0. The second kappa shape index (κ2) is 9.27. The molecule has 0 radical (unpaired) electrons. The van der Waals surface area contributed by atoms with E-state index in [2.05, 4.69) is 36.8 Å². The summed E-state index contributed by atoms with van der Waals surface area (Å²) in [5, 5.41) is 2.85. The molecule has 9 heteroatoms. The van der Waals surface area contributed by atoms with Gasteiger partial charge in [-0.1, -0.05) is 47.5 Å². The Morgan fingerprint density at radius 1 is 0.667 bits per heavy atom. The van der Waals surface area contributed by atoms with E-state index in [-0.39, 0.29) is 5.28 Å². The fourth-order valence-corrected chi connectivity index (χ4v) is 3.88. The summed E-state index contributed by atoms with van der Waals surface area (Å²) in [6.45, 7) is 3.97. The van der Waals surface area contributed by atoms with Crippen molar-refractivity contribution in [1.82, 2.24) is 24.8 Å². The zero-order chi connectivity index (χ0) is 21.1. The van der Waals surface area contributed by atoms with Crippen LogP contribution in [0.3, 0.4) is 0 Å². The molecule has 1 aliphatic rings. The molecule has 2 aromatic carbocycles. The van der Waals surface area contributed by atoms with Gasteiger partial charge in [-0.3, -0.25) is 0 Å². The van der Waals surface area contributed by atoms with Crippen LogP contribution < -0.4 is 4.90 Å². The van der Waals surface area contributed by atoms with E-state index in [1.54, 1.807) is 0 Å². The van der Waals surface area contributed by atoms with E-state index in [4.69, 9.17) is 34.8 Å². The molecule has 30 heavy (non-hydrogen) atoms. The maximum absolute atomic E-state index is 6.22. The van der Waals surface area contributed by atoms with Crippen molar-refractivity contribution in [2.45, 2.75) is 0 Å². The predicted octanol–water partition coefficient (Wildman–Crippen LogP) is 4.97. The van der Waals surface area contributed by atoms with Crippen molar-refractivity contribution >= 4 is 62.6 Å². The van der Waals surface area contributed by atoms with Gasteiger partial charge in [-0.05, 0) is 42.9 Å². The number of aromatic nitrogens is 4. The van der Waals surface area contributed by atoms with Crippen LogP contribution in [-0.2, 0) is 0 Å². The lowest BCUT2D eigenvalue weighted by molar-refractivity contribution is 0.311. The van der Waals surface area contributed by atoms with Crippen LogP contribution in [-0.4, -0.2) is 58.1 Å². The Morgan fingerprint density at radius 2 is 1.20 bits per heavy atom. The van der Waals surface area contributed by atoms with Crippen molar-refractivity contribution in [2.75, 3.05) is 38.1 Å². The van der Waals surface area contributed by atoms with E-state index < -0.39 is 0 Å². The number of para-hydroxylation sites is 2. The number of likely N-dealkylation sites (N-methyl/N-ethyl adjacent to an activating group) is 1. The Morgan fingerprint density at radius 3 is 1.83 bits per heavy atom. The van der Waals surface area contributed by atoms with Crippen LogP contribution in [0.5, 0.6) is 0 Å². The van der Waals surface area contributed by atoms with E-state index in [0.29, 0.717) is 10.3 Å². The zero-order valence-electron chi connectivity index (χ0n) is 16.3. The maximum Gasteiger partial charge on any atom is 0.227 e. The molecule has 0 unspecified atom stereocenters. The van der Waals surface area contributed by atoms with Crippen molar-refractivity contribution in [3.8, 4) is 0 Å². The highest BCUT2D eigenvalue weighted by Crippen LogP contribution is 2.23. The van der Waals surface area contributed by atoms with Crippen molar-refractivity contribution in [3.63, 3.8) is 0 Å². The fraction of sp³-hybridized carbons (Fsp3) is 0.238. The minimum Gasteiger partial charge on any atom is -0.338 e. The van der Waals surface area contributed by atoms with Crippen molar-refractivity contribution < 1.29 is 0 Å². The van der Waals surface area contributed by atoms with Crippen LogP contribution >= 0.6 is 34.8 Å². The monoisotopic (exact) mass is 460 g/mol. The number of rotatable bonds is 1. The lowest BCUT2D eigenvalue weighted by Crippen LogP contribution is -2.45. The van der Waals surface area contributed by atoms with Gasteiger partial charge in [-0.15, -0.1) is 0 Å². The van der Waals surface area contributed by atoms with Gasteiger partial charge in [0.05, 0.1) is 11.0 Å². The molecule has 0 saturated carbocycles. The molecule has 0 spiro atoms. The van der Waals surface area contributed by atoms with Gasteiger partial charge in [0.25, 0.3) is 0 Å². The molecule has 4 aromatic rings. The van der Waals surface area contributed by atoms with Gasteiger partial charge in [0.2, 0.25) is 11.2 Å². The lowest BCUT2D eigenvalue weighted by Gasteiger charge is -2.32. The topological polar surface area (TPSA) is 58.0 Å². The highest BCUT2D eigenvalue weighted by molar-refractivity contribution is 6.35. The summed E-state index contributed by atoms with van der Waals surface area (Å²) >= 11 is 17.7. The first kappa shape index (κ1) is 21.0. The maximum atomic E-state index is 6.22. The smallest absolute Gasteiger partial charge is 0.227 e. The molecule has 1 saturated heterocycles. The number of piperazine rings is 1. The van der Waals surface area contributed by atoms with E-state index in [0.717, 1.165) is 53.9 Å². The molecule has 2 aromatic heterocycles. The Balaban J connectivity index is 0.000000158. The molecule has 5 rings (SSSR count). The van der Waals surface area contributed by atoms with Crippen molar-refractivity contribution in [3.05, 3.63) is 64.1 Å². The summed E-state index contributed by atoms with van der Waals surface area (Å²) in [7, 11) is 2.13. The molecular weight excluding hydrogens is 443 g/mol. The minimum atomic E-state index is 0.179. The largest absolute Gasteiger partial charge is 0.338 e. The predicted molar refractivity (Wildman–Crippen MR) is 124 cm³/mol. The van der Waals surface area contributed by atoms with Crippen molar-refractivity contribution in [1.29, 1.82) is 0 Å². The Hall–Kier alpha value is -2.25. The lowest BCUT2D eigenvalue weighted by atomic mass is 10.2. The summed E-state index contributed by atoms with van der Waals surface area (Å²) in [5.41, 5.74) is 1.67. The Bertz CT molecular complexity index is 1180. The van der Waals surface area contributed by atoms with Gasteiger partial charge < -0.3 is 9.80 Å². The fourth-order valence-electron chi connectivity index (χ4n) is 3.19. The average Bonchev–Trinajstić information content (AvgIpc) is 2.75. The van der Waals surface area contributed by atoms with Gasteiger partial charge in [-0.25, -0.2) is 19.9 Å². The third-order valence-corrected chi connectivity index (χ3v) is 5.61. The van der Waals surface area contributed by atoms with Gasteiger partial charge in [0.15, 0.2) is 0 Å². The van der Waals surface area contributed by atoms with Crippen LogP contribution in [0, 0.1) is 0 Å². The molecule has 1 aliphatic heterocycles. The highest BCUT2D eigenvalue weighted by Gasteiger charge is 2.17. The SMILES string of the molecule is CN1CCN(c2nc(Cl)c3ccccc3n2)CC1.Clc1nc(Cl)c2ccccc2n1. The third-order valence-electron chi connectivity index (χ3n) is 4.86. The van der Waals surface area contributed by atoms with E-state index >= 15 is 0 Å². The van der Waals surface area contributed by atoms with Gasteiger partial charge in [-0.2, -0.15) is 0 Å². The number of hydrogen-bond donors (Lipinski definition) is 0. The van der Waals surface area contributed by atoms with Crippen LogP contribution in [0.2, 0.25) is 15.6 Å². The summed E-state index contributed by atoms with van der Waals surface area (Å²) in [6.07, 6.45) is 0. The standard InChI is InChI=1S/C13H15ClN4.C8H4Cl2N2/c1-17-6-8-18(9-7-17)13-15-11-5-3-2-4-10(11)12(14)16-13;9-7-5-3-1-2-4-6(5)11-8(10)12-7/h2-5H,6-9H2,1H3;1-4H. The van der Waals surface area contributed by atoms with Gasteiger partial charge in [0, 0.05) is 37.0 Å². The highest BCUT2D eigenvalue weighted by atomic mass is 35.5. The van der Waals surface area contributed by atoms with Crippen LogP contribution in [0.4, 0.5) is 5.95 Å².